The van der Waals surface area contributed by atoms with Crippen LogP contribution in [-0.2, 0) is 0 Å². The molecule has 0 atom stereocenters. The molecule has 0 spiro atoms. The van der Waals surface area contributed by atoms with Crippen LogP contribution < -0.4 is 16.8 Å². The molecular formula is C13H11F2N3O. The Morgan fingerprint density at radius 2 is 1.74 bits per heavy atom. The van der Waals surface area contributed by atoms with E-state index in [4.69, 9.17) is 11.5 Å². The third kappa shape index (κ3) is 2.62. The average molecular weight is 263 g/mol. The van der Waals surface area contributed by atoms with Gasteiger partial charge in [0.05, 0.1) is 11.3 Å². The van der Waals surface area contributed by atoms with Crippen LogP contribution in [-0.4, -0.2) is 5.91 Å². The van der Waals surface area contributed by atoms with Crippen LogP contribution in [0.5, 0.6) is 0 Å². The quantitative estimate of drug-likeness (QED) is 0.744. The predicted octanol–water partition coefficient (Wildman–Crippen LogP) is 2.39. The van der Waals surface area contributed by atoms with E-state index in [1.807, 2.05) is 0 Å². The van der Waals surface area contributed by atoms with E-state index in [1.165, 1.54) is 24.3 Å². The van der Waals surface area contributed by atoms with E-state index in [1.54, 1.807) is 0 Å². The number of nitrogens with one attached hydrogen (secondary N) is 1. The highest BCUT2D eigenvalue weighted by molar-refractivity contribution is 5.99. The summed E-state index contributed by atoms with van der Waals surface area (Å²) in [7, 11) is 0. The first kappa shape index (κ1) is 12.8. The number of carbonyl (C=O) groups excluding carboxylic acids is 1. The van der Waals surface area contributed by atoms with Gasteiger partial charge < -0.3 is 16.8 Å². The minimum Gasteiger partial charge on any atom is -0.399 e. The van der Waals surface area contributed by atoms with Crippen LogP contribution in [0.3, 0.4) is 0 Å². The van der Waals surface area contributed by atoms with Crippen LogP contribution in [0, 0.1) is 11.6 Å². The molecule has 0 saturated heterocycles. The van der Waals surface area contributed by atoms with Gasteiger partial charge in [-0.15, -0.1) is 0 Å². The molecule has 1 amide bonds. The monoisotopic (exact) mass is 263 g/mol. The minimum atomic E-state index is -0.780. The van der Waals surface area contributed by atoms with Crippen molar-refractivity contribution in [3.05, 3.63) is 53.6 Å². The molecule has 4 nitrogen and oxygen atoms in total. The first-order valence-corrected chi connectivity index (χ1v) is 5.39. The molecular weight excluding hydrogens is 252 g/mol. The van der Waals surface area contributed by atoms with Gasteiger partial charge in [0, 0.05) is 5.69 Å². The number of anilines is 3. The highest BCUT2D eigenvalue weighted by Gasteiger charge is 2.13. The van der Waals surface area contributed by atoms with Crippen LogP contribution in [0.1, 0.15) is 10.4 Å². The lowest BCUT2D eigenvalue weighted by atomic mass is 10.1. The Hall–Kier alpha value is -2.63. The van der Waals surface area contributed by atoms with Crippen molar-refractivity contribution < 1.29 is 13.6 Å². The summed E-state index contributed by atoms with van der Waals surface area (Å²) in [5.41, 5.74) is 11.0. The summed E-state index contributed by atoms with van der Waals surface area (Å²) in [6.45, 7) is 0. The summed E-state index contributed by atoms with van der Waals surface area (Å²) in [6, 6.07) is 7.68. The Morgan fingerprint density at radius 1 is 1.11 bits per heavy atom. The third-order valence-corrected chi connectivity index (χ3v) is 2.53. The van der Waals surface area contributed by atoms with Gasteiger partial charge in [0.2, 0.25) is 0 Å². The number of para-hydroxylation sites is 1. The number of halogens is 2. The topological polar surface area (TPSA) is 81.1 Å². The second-order valence-electron chi connectivity index (χ2n) is 3.89. The lowest BCUT2D eigenvalue weighted by molar-refractivity contribution is 0.100. The number of amides is 1. The number of hydrogen-bond donors (Lipinski definition) is 3. The van der Waals surface area contributed by atoms with Crippen LogP contribution >= 0.6 is 0 Å². The van der Waals surface area contributed by atoms with Crippen LogP contribution in [0.15, 0.2) is 36.4 Å². The maximum absolute atomic E-state index is 13.5. The second kappa shape index (κ2) is 4.93. The molecule has 0 aliphatic carbocycles. The Morgan fingerprint density at radius 3 is 2.32 bits per heavy atom. The number of nitrogens with two attached hydrogens (primary N) is 2. The highest BCUT2D eigenvalue weighted by atomic mass is 19.1. The number of nitrogen functional groups attached to an aromatic ring is 1. The minimum absolute atomic E-state index is 0.0943. The lowest BCUT2D eigenvalue weighted by Crippen LogP contribution is -2.14. The van der Waals surface area contributed by atoms with Crippen LogP contribution in [0.4, 0.5) is 25.8 Å². The molecule has 0 aliphatic rings. The molecule has 0 aromatic heterocycles. The van der Waals surface area contributed by atoms with E-state index < -0.39 is 17.5 Å². The first-order chi connectivity index (χ1) is 8.99. The van der Waals surface area contributed by atoms with Crippen molar-refractivity contribution in [1.82, 2.24) is 0 Å². The van der Waals surface area contributed by atoms with E-state index in [0.717, 1.165) is 12.1 Å². The molecule has 0 unspecified atom stereocenters. The first-order valence-electron chi connectivity index (χ1n) is 5.39. The highest BCUT2D eigenvalue weighted by Crippen LogP contribution is 2.27. The van der Waals surface area contributed by atoms with Crippen molar-refractivity contribution in [2.45, 2.75) is 0 Å². The molecule has 0 aliphatic heterocycles. The van der Waals surface area contributed by atoms with Crippen molar-refractivity contribution in [2.75, 3.05) is 11.1 Å². The summed E-state index contributed by atoms with van der Waals surface area (Å²) < 4.78 is 27.0. The smallest absolute Gasteiger partial charge is 0.250 e. The number of carbonyl (C=O) groups is 1. The van der Waals surface area contributed by atoms with E-state index in [2.05, 4.69) is 5.32 Å². The van der Waals surface area contributed by atoms with Gasteiger partial charge in [0.1, 0.15) is 17.3 Å². The fourth-order valence-electron chi connectivity index (χ4n) is 1.63. The fourth-order valence-corrected chi connectivity index (χ4v) is 1.63. The number of rotatable bonds is 3. The van der Waals surface area contributed by atoms with Crippen molar-refractivity contribution in [3.8, 4) is 0 Å². The van der Waals surface area contributed by atoms with Crippen molar-refractivity contribution in [1.29, 1.82) is 0 Å². The molecule has 5 N–H and O–H groups in total. The normalized spacial score (nSPS) is 10.2. The molecule has 2 rings (SSSR count). The van der Waals surface area contributed by atoms with Crippen molar-refractivity contribution in [2.24, 2.45) is 5.73 Å². The average Bonchev–Trinajstić information content (AvgIpc) is 2.33. The zero-order valence-electron chi connectivity index (χ0n) is 9.78. The van der Waals surface area contributed by atoms with Crippen molar-refractivity contribution in [3.63, 3.8) is 0 Å². The van der Waals surface area contributed by atoms with Gasteiger partial charge in [-0.25, -0.2) is 8.78 Å². The molecule has 0 bridgehead atoms. The number of hydrogen-bond acceptors (Lipinski definition) is 3. The van der Waals surface area contributed by atoms with Gasteiger partial charge in [-0.05, 0) is 30.3 Å². The van der Waals surface area contributed by atoms with Crippen LogP contribution in [0.25, 0.3) is 0 Å². The second-order valence-corrected chi connectivity index (χ2v) is 3.89. The number of benzene rings is 2. The largest absolute Gasteiger partial charge is 0.399 e. The third-order valence-electron chi connectivity index (χ3n) is 2.53. The van der Waals surface area contributed by atoms with E-state index >= 15 is 0 Å². The maximum Gasteiger partial charge on any atom is 0.250 e. The number of primary amides is 1. The maximum atomic E-state index is 13.5. The van der Waals surface area contributed by atoms with E-state index in [9.17, 15) is 13.6 Å². The van der Waals surface area contributed by atoms with Gasteiger partial charge in [-0.3, -0.25) is 4.79 Å². The van der Waals surface area contributed by atoms with Gasteiger partial charge in [0.25, 0.3) is 5.91 Å². The Balaban J connectivity index is 2.49. The predicted molar refractivity (Wildman–Crippen MR) is 69.0 cm³/mol. The standard InChI is InChI=1S/C13H11F2N3O/c14-9-2-1-3-10(15)12(9)18-11-6-7(16)4-5-8(11)13(17)19/h1-6,18H,16H2,(H2,17,19). The molecule has 0 saturated carbocycles. The van der Waals surface area contributed by atoms with Gasteiger partial charge >= 0.3 is 0 Å². The molecule has 0 radical (unpaired) electrons. The molecule has 0 fully saturated rings. The molecule has 6 heteroatoms. The summed E-state index contributed by atoms with van der Waals surface area (Å²) in [4.78, 5) is 11.2. The Labute approximate surface area is 108 Å². The molecule has 19 heavy (non-hydrogen) atoms. The lowest BCUT2D eigenvalue weighted by Gasteiger charge is -2.12. The van der Waals surface area contributed by atoms with Gasteiger partial charge in [-0.2, -0.15) is 0 Å². The molecule has 2 aromatic rings. The summed E-state index contributed by atoms with van der Waals surface area (Å²) in [5.74, 6) is -2.28. The van der Waals surface area contributed by atoms with E-state index in [-0.39, 0.29) is 16.9 Å². The Bertz CT molecular complexity index is 624. The molecule has 0 heterocycles. The van der Waals surface area contributed by atoms with Gasteiger partial charge in [-0.1, -0.05) is 6.07 Å². The fraction of sp³-hybridized carbons (Fsp3) is 0. The zero-order chi connectivity index (χ0) is 14.0. The summed E-state index contributed by atoms with van der Waals surface area (Å²) in [6.07, 6.45) is 0. The van der Waals surface area contributed by atoms with Crippen molar-refractivity contribution >= 4 is 23.0 Å². The SMILES string of the molecule is NC(=O)c1ccc(N)cc1Nc1c(F)cccc1F. The molecule has 98 valence electrons. The summed E-state index contributed by atoms with van der Waals surface area (Å²) in [5, 5.41) is 2.50. The molecule has 2 aromatic carbocycles. The Kier molecular flexibility index (Phi) is 3.33. The van der Waals surface area contributed by atoms with E-state index in [0.29, 0.717) is 5.69 Å². The summed E-state index contributed by atoms with van der Waals surface area (Å²) >= 11 is 0. The van der Waals surface area contributed by atoms with Gasteiger partial charge in [0.15, 0.2) is 0 Å². The van der Waals surface area contributed by atoms with Crippen LogP contribution in [0.2, 0.25) is 0 Å². The zero-order valence-corrected chi connectivity index (χ0v) is 9.78.